The molecular weight excluding hydrogens is 350 g/mol. The Morgan fingerprint density at radius 3 is 2.25 bits per heavy atom. The summed E-state index contributed by atoms with van der Waals surface area (Å²) in [7, 11) is 0. The number of carbonyl (C=O) groups is 1. The van der Waals surface area contributed by atoms with E-state index in [1.807, 2.05) is 30.5 Å². The van der Waals surface area contributed by atoms with Gasteiger partial charge in [-0.2, -0.15) is 0 Å². The van der Waals surface area contributed by atoms with E-state index in [0.29, 0.717) is 12.1 Å². The van der Waals surface area contributed by atoms with Crippen LogP contribution < -0.4 is 15.1 Å². The Balaban J connectivity index is 1.37. The zero-order chi connectivity index (χ0) is 19.2. The van der Waals surface area contributed by atoms with Gasteiger partial charge in [-0.3, -0.25) is 14.8 Å². The van der Waals surface area contributed by atoms with Gasteiger partial charge in [0.25, 0.3) is 5.91 Å². The maximum atomic E-state index is 12.5. The zero-order valence-electron chi connectivity index (χ0n) is 15.7. The van der Waals surface area contributed by atoms with E-state index in [-0.39, 0.29) is 5.91 Å². The molecule has 6 nitrogen and oxygen atoms in total. The average molecular weight is 373 g/mol. The first-order valence-electron chi connectivity index (χ1n) is 9.47. The molecule has 6 heteroatoms. The molecule has 0 aliphatic carbocycles. The molecule has 4 rings (SSSR count). The van der Waals surface area contributed by atoms with Gasteiger partial charge in [-0.15, -0.1) is 0 Å². The summed E-state index contributed by atoms with van der Waals surface area (Å²) in [5.41, 5.74) is 3.84. The second-order valence-corrected chi connectivity index (χ2v) is 6.78. The van der Waals surface area contributed by atoms with Gasteiger partial charge in [0, 0.05) is 57.0 Å². The molecule has 0 spiro atoms. The quantitative estimate of drug-likeness (QED) is 0.745. The molecule has 1 aliphatic heterocycles. The van der Waals surface area contributed by atoms with E-state index >= 15 is 0 Å². The smallest absolute Gasteiger partial charge is 0.253 e. The summed E-state index contributed by atoms with van der Waals surface area (Å²) in [5, 5.41) is 2.94. The number of amides is 1. The maximum absolute atomic E-state index is 12.5. The number of benzene rings is 1. The first kappa shape index (κ1) is 18.0. The lowest BCUT2D eigenvalue weighted by molar-refractivity contribution is 0.0950. The van der Waals surface area contributed by atoms with Gasteiger partial charge in [-0.05, 0) is 35.9 Å². The van der Waals surface area contributed by atoms with E-state index in [0.717, 1.165) is 37.4 Å². The monoisotopic (exact) mass is 373 g/mol. The predicted molar refractivity (Wildman–Crippen MR) is 111 cm³/mol. The third-order valence-corrected chi connectivity index (χ3v) is 4.95. The van der Waals surface area contributed by atoms with Gasteiger partial charge in [-0.25, -0.2) is 0 Å². The van der Waals surface area contributed by atoms with Crippen LogP contribution in [0.3, 0.4) is 0 Å². The van der Waals surface area contributed by atoms with Crippen molar-refractivity contribution in [3.63, 3.8) is 0 Å². The molecule has 0 radical (unpaired) electrons. The Kier molecular flexibility index (Phi) is 5.47. The number of para-hydroxylation sites is 1. The third kappa shape index (κ3) is 4.28. The SMILES string of the molecule is O=C(NCc1ccncc1)c1cncc(N2CCN(c3ccccc3)CC2)c1. The number of aromatic nitrogens is 2. The standard InChI is InChI=1S/C22H23N5O/c28-22(25-15-18-6-8-23-9-7-18)19-14-21(17-24-16-19)27-12-10-26(11-13-27)20-4-2-1-3-5-20/h1-9,14,16-17H,10-13,15H2,(H,25,28). The molecule has 1 amide bonds. The summed E-state index contributed by atoms with van der Waals surface area (Å²) in [6.07, 6.45) is 6.89. The van der Waals surface area contributed by atoms with Crippen LogP contribution >= 0.6 is 0 Å². The minimum absolute atomic E-state index is 0.117. The Morgan fingerprint density at radius 2 is 1.54 bits per heavy atom. The fourth-order valence-corrected chi connectivity index (χ4v) is 3.37. The van der Waals surface area contributed by atoms with Crippen molar-refractivity contribution < 1.29 is 4.79 Å². The fraction of sp³-hybridized carbons (Fsp3) is 0.227. The minimum atomic E-state index is -0.117. The number of anilines is 2. The Hall–Kier alpha value is -3.41. The first-order chi connectivity index (χ1) is 13.8. The van der Waals surface area contributed by atoms with Crippen LogP contribution in [0.1, 0.15) is 15.9 Å². The summed E-state index contributed by atoms with van der Waals surface area (Å²) >= 11 is 0. The van der Waals surface area contributed by atoms with Gasteiger partial charge in [0.1, 0.15) is 0 Å². The third-order valence-electron chi connectivity index (χ3n) is 4.95. The van der Waals surface area contributed by atoms with Gasteiger partial charge in [0.05, 0.1) is 17.4 Å². The number of rotatable bonds is 5. The van der Waals surface area contributed by atoms with E-state index < -0.39 is 0 Å². The molecule has 1 saturated heterocycles. The van der Waals surface area contributed by atoms with Crippen LogP contribution in [0, 0.1) is 0 Å². The second-order valence-electron chi connectivity index (χ2n) is 6.78. The fourth-order valence-electron chi connectivity index (χ4n) is 3.37. The lowest BCUT2D eigenvalue weighted by Crippen LogP contribution is -2.46. The van der Waals surface area contributed by atoms with Gasteiger partial charge in [0.2, 0.25) is 0 Å². The molecule has 3 aromatic rings. The number of nitrogens with zero attached hydrogens (tertiary/aromatic N) is 4. The summed E-state index contributed by atoms with van der Waals surface area (Å²) in [4.78, 5) is 25.4. The van der Waals surface area contributed by atoms with Crippen molar-refractivity contribution in [1.29, 1.82) is 0 Å². The van der Waals surface area contributed by atoms with Crippen molar-refractivity contribution >= 4 is 17.3 Å². The van der Waals surface area contributed by atoms with Crippen molar-refractivity contribution in [1.82, 2.24) is 15.3 Å². The van der Waals surface area contributed by atoms with Crippen LogP contribution in [0.5, 0.6) is 0 Å². The highest BCUT2D eigenvalue weighted by Gasteiger charge is 2.18. The maximum Gasteiger partial charge on any atom is 0.253 e. The van der Waals surface area contributed by atoms with Crippen LogP contribution in [0.4, 0.5) is 11.4 Å². The molecule has 0 bridgehead atoms. The highest BCUT2D eigenvalue weighted by Crippen LogP contribution is 2.20. The molecular formula is C22H23N5O. The molecule has 0 unspecified atom stereocenters. The van der Waals surface area contributed by atoms with Crippen molar-refractivity contribution in [2.75, 3.05) is 36.0 Å². The molecule has 28 heavy (non-hydrogen) atoms. The number of pyridine rings is 2. The van der Waals surface area contributed by atoms with Crippen molar-refractivity contribution in [3.8, 4) is 0 Å². The van der Waals surface area contributed by atoms with Crippen LogP contribution in [-0.2, 0) is 6.54 Å². The number of hydrogen-bond donors (Lipinski definition) is 1. The molecule has 1 fully saturated rings. The Morgan fingerprint density at radius 1 is 0.857 bits per heavy atom. The molecule has 1 N–H and O–H groups in total. The van der Waals surface area contributed by atoms with Gasteiger partial charge >= 0.3 is 0 Å². The minimum Gasteiger partial charge on any atom is -0.368 e. The second kappa shape index (κ2) is 8.52. The molecule has 142 valence electrons. The van der Waals surface area contributed by atoms with Crippen molar-refractivity contribution in [2.45, 2.75) is 6.54 Å². The summed E-state index contributed by atoms with van der Waals surface area (Å²) in [6, 6.07) is 16.2. The van der Waals surface area contributed by atoms with Crippen LogP contribution in [0.25, 0.3) is 0 Å². The van der Waals surface area contributed by atoms with E-state index in [1.165, 1.54) is 5.69 Å². The largest absolute Gasteiger partial charge is 0.368 e. The van der Waals surface area contributed by atoms with E-state index in [2.05, 4.69) is 49.4 Å². The normalized spacial score (nSPS) is 14.0. The van der Waals surface area contributed by atoms with Crippen LogP contribution in [0.15, 0.2) is 73.3 Å². The number of nitrogens with one attached hydrogen (secondary N) is 1. The number of carbonyl (C=O) groups excluding carboxylic acids is 1. The van der Waals surface area contributed by atoms with Gasteiger partial charge < -0.3 is 15.1 Å². The molecule has 0 saturated carbocycles. The summed E-state index contributed by atoms with van der Waals surface area (Å²) < 4.78 is 0. The molecule has 1 aromatic carbocycles. The first-order valence-corrected chi connectivity index (χ1v) is 9.47. The molecule has 2 aromatic heterocycles. The van der Waals surface area contributed by atoms with Crippen LogP contribution in [-0.4, -0.2) is 42.1 Å². The molecule has 1 aliphatic rings. The average Bonchev–Trinajstić information content (AvgIpc) is 2.79. The summed E-state index contributed by atoms with van der Waals surface area (Å²) in [6.45, 7) is 4.17. The Bertz CT molecular complexity index is 908. The zero-order valence-corrected chi connectivity index (χ0v) is 15.7. The van der Waals surface area contributed by atoms with Crippen molar-refractivity contribution in [3.05, 3.63) is 84.4 Å². The van der Waals surface area contributed by atoms with Crippen molar-refractivity contribution in [2.24, 2.45) is 0 Å². The topological polar surface area (TPSA) is 61.4 Å². The highest BCUT2D eigenvalue weighted by atomic mass is 16.1. The molecule has 3 heterocycles. The van der Waals surface area contributed by atoms with E-state index in [4.69, 9.17) is 0 Å². The Labute approximate surface area is 164 Å². The van der Waals surface area contributed by atoms with E-state index in [1.54, 1.807) is 18.6 Å². The lowest BCUT2D eigenvalue weighted by atomic mass is 10.2. The summed E-state index contributed by atoms with van der Waals surface area (Å²) in [5.74, 6) is -0.117. The number of hydrogen-bond acceptors (Lipinski definition) is 5. The van der Waals surface area contributed by atoms with Gasteiger partial charge in [-0.1, -0.05) is 18.2 Å². The van der Waals surface area contributed by atoms with Gasteiger partial charge in [0.15, 0.2) is 0 Å². The van der Waals surface area contributed by atoms with Crippen LogP contribution in [0.2, 0.25) is 0 Å². The lowest BCUT2D eigenvalue weighted by Gasteiger charge is -2.37. The highest BCUT2D eigenvalue weighted by molar-refractivity contribution is 5.94. The molecule has 0 atom stereocenters. The number of piperazine rings is 1. The van der Waals surface area contributed by atoms with E-state index in [9.17, 15) is 4.79 Å². The predicted octanol–water partition coefficient (Wildman–Crippen LogP) is 2.73.